The Hall–Kier alpha value is -1.87. The van der Waals surface area contributed by atoms with Crippen LogP contribution in [-0.4, -0.2) is 12.2 Å². The molecule has 3 heteroatoms. The molecule has 0 aliphatic heterocycles. The van der Waals surface area contributed by atoms with Gasteiger partial charge in [-0.2, -0.15) is 0 Å². The van der Waals surface area contributed by atoms with Crippen molar-refractivity contribution in [3.63, 3.8) is 0 Å². The minimum atomic E-state index is -1.31. The van der Waals surface area contributed by atoms with Gasteiger partial charge in [0.15, 0.2) is 0 Å². The summed E-state index contributed by atoms with van der Waals surface area (Å²) in [5.41, 5.74) is 1.38. The van der Waals surface area contributed by atoms with E-state index in [4.69, 9.17) is 4.74 Å². The Kier molecular flexibility index (Phi) is 3.82. The molecule has 0 aromatic heterocycles. The number of rotatable bonds is 3. The summed E-state index contributed by atoms with van der Waals surface area (Å²) in [7, 11) is 1.56. The maximum Gasteiger partial charge on any atom is 0.126 e. The van der Waals surface area contributed by atoms with Gasteiger partial charge in [0.2, 0.25) is 0 Å². The van der Waals surface area contributed by atoms with Crippen molar-refractivity contribution in [1.82, 2.24) is 0 Å². The monoisotopic (exact) mass is 274 g/mol. The average molecular weight is 274 g/mol. The Morgan fingerprint density at radius 2 is 1.80 bits per heavy atom. The van der Waals surface area contributed by atoms with Crippen molar-refractivity contribution in [1.29, 1.82) is 0 Å². The zero-order valence-electron chi connectivity index (χ0n) is 12.2. The normalized spacial score (nSPS) is 13.9. The van der Waals surface area contributed by atoms with Gasteiger partial charge in [-0.1, -0.05) is 23.8 Å². The van der Waals surface area contributed by atoms with Gasteiger partial charge in [0.05, 0.1) is 7.11 Å². The number of ether oxygens (including phenoxy) is 1. The fourth-order valence-corrected chi connectivity index (χ4v) is 2.25. The van der Waals surface area contributed by atoms with Crippen LogP contribution < -0.4 is 4.74 Å². The first-order chi connectivity index (χ1) is 9.36. The quantitative estimate of drug-likeness (QED) is 0.924. The summed E-state index contributed by atoms with van der Waals surface area (Å²) in [6.07, 6.45) is 0. The van der Waals surface area contributed by atoms with Gasteiger partial charge >= 0.3 is 0 Å². The van der Waals surface area contributed by atoms with Crippen molar-refractivity contribution in [3.05, 3.63) is 64.5 Å². The van der Waals surface area contributed by atoms with Crippen LogP contribution in [0.25, 0.3) is 0 Å². The molecule has 2 aromatic rings. The molecule has 1 atom stereocenters. The molecule has 0 aliphatic rings. The summed E-state index contributed by atoms with van der Waals surface area (Å²) in [6.45, 7) is 5.28. The summed E-state index contributed by atoms with van der Waals surface area (Å²) in [5, 5.41) is 10.9. The van der Waals surface area contributed by atoms with Crippen molar-refractivity contribution >= 4 is 0 Å². The molecule has 0 aliphatic carbocycles. The Morgan fingerprint density at radius 1 is 1.10 bits per heavy atom. The van der Waals surface area contributed by atoms with Gasteiger partial charge in [-0.05, 0) is 50.1 Å². The van der Waals surface area contributed by atoms with Gasteiger partial charge < -0.3 is 9.84 Å². The molecule has 2 nitrogen and oxygen atoms in total. The number of aryl methyl sites for hydroxylation is 2. The second kappa shape index (κ2) is 5.25. The van der Waals surface area contributed by atoms with E-state index in [0.717, 1.165) is 5.56 Å². The van der Waals surface area contributed by atoms with Gasteiger partial charge in [0.1, 0.15) is 17.2 Å². The smallest absolute Gasteiger partial charge is 0.126 e. The van der Waals surface area contributed by atoms with E-state index in [9.17, 15) is 9.50 Å². The molecular weight excluding hydrogens is 255 g/mol. The van der Waals surface area contributed by atoms with Crippen LogP contribution in [0.4, 0.5) is 4.39 Å². The Labute approximate surface area is 118 Å². The molecule has 0 radical (unpaired) electrons. The standard InChI is InChI=1S/C17H19FO2/c1-11-5-8-16(20-4)14(9-11)17(3,19)13-7-6-12(2)15(18)10-13/h5-10,19H,1-4H3. The molecule has 1 unspecified atom stereocenters. The summed E-state index contributed by atoms with van der Waals surface area (Å²) >= 11 is 0. The highest BCUT2D eigenvalue weighted by molar-refractivity contribution is 5.46. The molecule has 0 spiro atoms. The largest absolute Gasteiger partial charge is 0.496 e. The summed E-state index contributed by atoms with van der Waals surface area (Å²) in [5.74, 6) is 0.260. The zero-order chi connectivity index (χ0) is 14.9. The molecule has 0 amide bonds. The van der Waals surface area contributed by atoms with E-state index < -0.39 is 5.60 Å². The zero-order valence-corrected chi connectivity index (χ0v) is 12.2. The number of hydrogen-bond acceptors (Lipinski definition) is 2. The SMILES string of the molecule is COc1ccc(C)cc1C(C)(O)c1ccc(C)c(F)c1. The van der Waals surface area contributed by atoms with E-state index in [0.29, 0.717) is 22.4 Å². The fraction of sp³-hybridized carbons (Fsp3) is 0.294. The third kappa shape index (κ3) is 2.54. The highest BCUT2D eigenvalue weighted by Gasteiger charge is 2.29. The summed E-state index contributed by atoms with van der Waals surface area (Å²) < 4.78 is 19.1. The van der Waals surface area contributed by atoms with Crippen molar-refractivity contribution < 1.29 is 14.2 Å². The van der Waals surface area contributed by atoms with Crippen LogP contribution in [0, 0.1) is 19.7 Å². The minimum absolute atomic E-state index is 0.325. The second-order valence-electron chi connectivity index (χ2n) is 5.24. The lowest BCUT2D eigenvalue weighted by molar-refractivity contribution is 0.0985. The van der Waals surface area contributed by atoms with Gasteiger partial charge in [0.25, 0.3) is 0 Å². The van der Waals surface area contributed by atoms with Crippen LogP contribution in [-0.2, 0) is 5.60 Å². The average Bonchev–Trinajstić information content (AvgIpc) is 2.41. The van der Waals surface area contributed by atoms with E-state index >= 15 is 0 Å². The van der Waals surface area contributed by atoms with Gasteiger partial charge in [-0.15, -0.1) is 0 Å². The molecule has 0 saturated carbocycles. The Morgan fingerprint density at radius 3 is 2.40 bits per heavy atom. The highest BCUT2D eigenvalue weighted by Crippen LogP contribution is 2.36. The maximum absolute atomic E-state index is 13.7. The lowest BCUT2D eigenvalue weighted by Gasteiger charge is -2.27. The van der Waals surface area contributed by atoms with Crippen LogP contribution in [0.2, 0.25) is 0 Å². The van der Waals surface area contributed by atoms with E-state index in [2.05, 4.69) is 0 Å². The predicted octanol–water partition coefficient (Wildman–Crippen LogP) is 3.71. The lowest BCUT2D eigenvalue weighted by atomic mass is 9.86. The molecule has 2 rings (SSSR count). The molecular formula is C17H19FO2. The Bertz CT molecular complexity index is 633. The molecule has 0 heterocycles. The van der Waals surface area contributed by atoms with Crippen molar-refractivity contribution in [2.75, 3.05) is 7.11 Å². The van der Waals surface area contributed by atoms with Gasteiger partial charge in [0, 0.05) is 5.56 Å². The van der Waals surface area contributed by atoms with E-state index in [-0.39, 0.29) is 5.82 Å². The minimum Gasteiger partial charge on any atom is -0.496 e. The van der Waals surface area contributed by atoms with Gasteiger partial charge in [-0.25, -0.2) is 4.39 Å². The van der Waals surface area contributed by atoms with Crippen molar-refractivity contribution in [2.24, 2.45) is 0 Å². The topological polar surface area (TPSA) is 29.5 Å². The summed E-state index contributed by atoms with van der Waals surface area (Å²) in [4.78, 5) is 0. The summed E-state index contributed by atoms with van der Waals surface area (Å²) in [6, 6.07) is 10.4. The Balaban J connectivity index is 2.59. The number of aliphatic hydroxyl groups is 1. The molecule has 20 heavy (non-hydrogen) atoms. The first-order valence-electron chi connectivity index (χ1n) is 6.50. The maximum atomic E-state index is 13.7. The van der Waals surface area contributed by atoms with Crippen LogP contribution in [0.5, 0.6) is 5.75 Å². The molecule has 106 valence electrons. The number of methoxy groups -OCH3 is 1. The van der Waals surface area contributed by atoms with Gasteiger partial charge in [-0.3, -0.25) is 0 Å². The lowest BCUT2D eigenvalue weighted by Crippen LogP contribution is -2.24. The van der Waals surface area contributed by atoms with Crippen LogP contribution in [0.3, 0.4) is 0 Å². The number of benzene rings is 2. The number of halogens is 1. The third-order valence-corrected chi connectivity index (χ3v) is 3.61. The molecule has 0 bridgehead atoms. The molecule has 2 aromatic carbocycles. The van der Waals surface area contributed by atoms with Crippen molar-refractivity contribution in [2.45, 2.75) is 26.4 Å². The third-order valence-electron chi connectivity index (χ3n) is 3.61. The van der Waals surface area contributed by atoms with Crippen molar-refractivity contribution in [3.8, 4) is 5.75 Å². The molecule has 0 saturated heterocycles. The van der Waals surface area contributed by atoms with E-state index in [1.807, 2.05) is 25.1 Å². The first kappa shape index (κ1) is 14.5. The van der Waals surface area contributed by atoms with E-state index in [1.165, 1.54) is 6.07 Å². The van der Waals surface area contributed by atoms with Crippen LogP contribution in [0.15, 0.2) is 36.4 Å². The first-order valence-corrected chi connectivity index (χ1v) is 6.50. The van der Waals surface area contributed by atoms with Crippen LogP contribution >= 0.6 is 0 Å². The van der Waals surface area contributed by atoms with E-state index in [1.54, 1.807) is 33.1 Å². The molecule has 1 N–H and O–H groups in total. The predicted molar refractivity (Wildman–Crippen MR) is 77.5 cm³/mol. The number of hydrogen-bond donors (Lipinski definition) is 1. The fourth-order valence-electron chi connectivity index (χ4n) is 2.25. The highest BCUT2D eigenvalue weighted by atomic mass is 19.1. The van der Waals surface area contributed by atoms with Crippen LogP contribution in [0.1, 0.15) is 29.2 Å². The second-order valence-corrected chi connectivity index (χ2v) is 5.24. The molecule has 0 fully saturated rings.